The van der Waals surface area contributed by atoms with Crippen LogP contribution in [0.3, 0.4) is 0 Å². The number of nitrogens with zero attached hydrogens (tertiary/aromatic N) is 2. The van der Waals surface area contributed by atoms with Crippen LogP contribution >= 0.6 is 23.2 Å². The van der Waals surface area contributed by atoms with Crippen LogP contribution in [0.1, 0.15) is 11.1 Å². The second-order valence-electron chi connectivity index (χ2n) is 6.95. The van der Waals surface area contributed by atoms with Crippen LogP contribution in [0.4, 0.5) is 5.69 Å². The molecule has 140 valence electrons. The molecule has 3 aromatic rings. The molecule has 2 aromatic carbocycles. The van der Waals surface area contributed by atoms with Crippen molar-refractivity contribution in [3.8, 4) is 0 Å². The number of anilines is 1. The molecule has 1 fully saturated rings. The lowest BCUT2D eigenvalue weighted by molar-refractivity contribution is 0.247. The highest BCUT2D eigenvalue weighted by Gasteiger charge is 2.19. The van der Waals surface area contributed by atoms with Gasteiger partial charge >= 0.3 is 0 Å². The van der Waals surface area contributed by atoms with E-state index in [1.807, 2.05) is 0 Å². The molecule has 1 aliphatic rings. The van der Waals surface area contributed by atoms with Crippen molar-refractivity contribution in [1.82, 2.24) is 4.90 Å². The second-order valence-corrected chi connectivity index (χ2v) is 7.80. The quantitative estimate of drug-likeness (QED) is 0.634. The Bertz CT molecular complexity index is 1020. The number of benzene rings is 2. The molecule has 0 aliphatic carbocycles. The van der Waals surface area contributed by atoms with E-state index in [1.165, 1.54) is 17.5 Å². The molecular weight excluding hydrogens is 383 g/mol. The van der Waals surface area contributed by atoms with Crippen LogP contribution in [0, 0.1) is 6.92 Å². The molecule has 6 heteroatoms. The van der Waals surface area contributed by atoms with E-state index >= 15 is 0 Å². The first-order valence-corrected chi connectivity index (χ1v) is 9.70. The van der Waals surface area contributed by atoms with Crippen LogP contribution in [0.25, 0.3) is 11.0 Å². The van der Waals surface area contributed by atoms with Gasteiger partial charge in [-0.05, 0) is 31.2 Å². The molecule has 0 unspecified atom stereocenters. The van der Waals surface area contributed by atoms with Crippen LogP contribution in [0.15, 0.2) is 51.9 Å². The van der Waals surface area contributed by atoms with Crippen molar-refractivity contribution in [2.75, 3.05) is 31.1 Å². The first-order chi connectivity index (χ1) is 13.0. The number of aryl methyl sites for hydroxylation is 1. The Morgan fingerprint density at radius 1 is 1.04 bits per heavy atom. The highest BCUT2D eigenvalue weighted by molar-refractivity contribution is 6.38. The maximum absolute atomic E-state index is 12.8. The van der Waals surface area contributed by atoms with E-state index in [0.29, 0.717) is 33.1 Å². The van der Waals surface area contributed by atoms with Crippen molar-refractivity contribution in [2.45, 2.75) is 13.5 Å². The summed E-state index contributed by atoms with van der Waals surface area (Å²) in [6.07, 6.45) is 1.52. The maximum atomic E-state index is 12.8. The lowest BCUT2D eigenvalue weighted by Gasteiger charge is -2.36. The van der Waals surface area contributed by atoms with Crippen molar-refractivity contribution in [3.63, 3.8) is 0 Å². The predicted molar refractivity (Wildman–Crippen MR) is 111 cm³/mol. The van der Waals surface area contributed by atoms with Crippen molar-refractivity contribution < 1.29 is 4.42 Å². The number of halogens is 2. The van der Waals surface area contributed by atoms with Gasteiger partial charge in [0.25, 0.3) is 0 Å². The van der Waals surface area contributed by atoms with Gasteiger partial charge in [0.2, 0.25) is 0 Å². The summed E-state index contributed by atoms with van der Waals surface area (Å²) in [6.45, 7) is 6.30. The minimum atomic E-state index is -0.0679. The zero-order valence-electron chi connectivity index (χ0n) is 15.0. The lowest BCUT2D eigenvalue weighted by atomic mass is 10.1. The summed E-state index contributed by atoms with van der Waals surface area (Å²) in [5.74, 6) is 0. The summed E-state index contributed by atoms with van der Waals surface area (Å²) in [7, 11) is 0. The molecule has 2 heterocycles. The van der Waals surface area contributed by atoms with Crippen molar-refractivity contribution >= 4 is 39.9 Å². The first kappa shape index (κ1) is 18.4. The van der Waals surface area contributed by atoms with Gasteiger partial charge in [-0.15, -0.1) is 0 Å². The van der Waals surface area contributed by atoms with Gasteiger partial charge in [-0.25, -0.2) is 0 Å². The molecule has 1 saturated heterocycles. The Labute approximate surface area is 167 Å². The van der Waals surface area contributed by atoms with Crippen LogP contribution in [-0.4, -0.2) is 31.1 Å². The maximum Gasteiger partial charge on any atom is 0.197 e. The minimum Gasteiger partial charge on any atom is -0.462 e. The molecule has 4 nitrogen and oxygen atoms in total. The average Bonchev–Trinajstić information content (AvgIpc) is 2.66. The number of rotatable bonds is 3. The summed E-state index contributed by atoms with van der Waals surface area (Å²) < 4.78 is 5.62. The standard InChI is InChI=1S/C21H20Cl2N2O2/c1-14-2-4-17(5-3-14)25-8-6-24(7-9-25)12-15-13-27-21-18(20(15)26)10-16(22)11-19(21)23/h2-5,10-11,13H,6-9,12H2,1H3. The SMILES string of the molecule is Cc1ccc(N2CCN(Cc3coc4c(Cl)cc(Cl)cc4c3=O)CC2)cc1. The fourth-order valence-corrected chi connectivity index (χ4v) is 4.01. The molecule has 0 bridgehead atoms. The van der Waals surface area contributed by atoms with Crippen LogP contribution in [0.5, 0.6) is 0 Å². The van der Waals surface area contributed by atoms with E-state index in [2.05, 4.69) is 41.0 Å². The molecule has 1 aliphatic heterocycles. The molecule has 0 amide bonds. The van der Waals surface area contributed by atoms with Crippen LogP contribution in [0.2, 0.25) is 10.0 Å². The topological polar surface area (TPSA) is 36.7 Å². The Kier molecular flexibility index (Phi) is 5.13. The van der Waals surface area contributed by atoms with Gasteiger partial charge in [0.1, 0.15) is 0 Å². The Morgan fingerprint density at radius 3 is 2.44 bits per heavy atom. The van der Waals surface area contributed by atoms with Gasteiger partial charge in [0.15, 0.2) is 11.0 Å². The van der Waals surface area contributed by atoms with E-state index in [4.69, 9.17) is 27.6 Å². The normalized spacial score (nSPS) is 15.4. The summed E-state index contributed by atoms with van der Waals surface area (Å²) in [4.78, 5) is 17.5. The zero-order chi connectivity index (χ0) is 19.0. The van der Waals surface area contributed by atoms with Gasteiger partial charge in [-0.1, -0.05) is 40.9 Å². The van der Waals surface area contributed by atoms with Crippen LogP contribution < -0.4 is 10.3 Å². The van der Waals surface area contributed by atoms with E-state index in [1.54, 1.807) is 12.1 Å². The monoisotopic (exact) mass is 402 g/mol. The number of fused-ring (bicyclic) bond motifs is 1. The minimum absolute atomic E-state index is 0.0679. The van der Waals surface area contributed by atoms with Gasteiger partial charge in [-0.3, -0.25) is 9.69 Å². The molecule has 0 atom stereocenters. The smallest absolute Gasteiger partial charge is 0.197 e. The van der Waals surface area contributed by atoms with Crippen molar-refractivity contribution in [3.05, 3.63) is 74.1 Å². The highest BCUT2D eigenvalue weighted by Crippen LogP contribution is 2.26. The zero-order valence-corrected chi connectivity index (χ0v) is 16.6. The van der Waals surface area contributed by atoms with Crippen molar-refractivity contribution in [1.29, 1.82) is 0 Å². The molecular formula is C21H20Cl2N2O2. The predicted octanol–water partition coefficient (Wildman–Crippen LogP) is 4.73. The third-order valence-electron chi connectivity index (χ3n) is 5.03. The summed E-state index contributed by atoms with van der Waals surface area (Å²) >= 11 is 12.2. The Morgan fingerprint density at radius 2 is 1.74 bits per heavy atom. The van der Waals surface area contributed by atoms with Gasteiger partial charge in [-0.2, -0.15) is 0 Å². The third kappa shape index (κ3) is 3.84. The fraction of sp³-hybridized carbons (Fsp3) is 0.286. The summed E-state index contributed by atoms with van der Waals surface area (Å²) in [6, 6.07) is 11.8. The molecule has 0 N–H and O–H groups in total. The largest absolute Gasteiger partial charge is 0.462 e. The summed E-state index contributed by atoms with van der Waals surface area (Å²) in [5.41, 5.74) is 3.46. The molecule has 0 spiro atoms. The van der Waals surface area contributed by atoms with Crippen molar-refractivity contribution in [2.24, 2.45) is 0 Å². The number of hydrogen-bond donors (Lipinski definition) is 0. The van der Waals surface area contributed by atoms with E-state index in [-0.39, 0.29) is 5.43 Å². The van der Waals surface area contributed by atoms with Gasteiger partial charge < -0.3 is 9.32 Å². The first-order valence-electron chi connectivity index (χ1n) is 8.94. The van der Waals surface area contributed by atoms with E-state index < -0.39 is 0 Å². The molecule has 4 rings (SSSR count). The van der Waals surface area contributed by atoms with E-state index in [9.17, 15) is 4.79 Å². The van der Waals surface area contributed by atoms with Gasteiger partial charge in [0, 0.05) is 49.0 Å². The average molecular weight is 403 g/mol. The Hall–Kier alpha value is -2.01. The second kappa shape index (κ2) is 7.55. The lowest BCUT2D eigenvalue weighted by Crippen LogP contribution is -2.46. The number of piperazine rings is 1. The van der Waals surface area contributed by atoms with Crippen LogP contribution in [-0.2, 0) is 6.54 Å². The molecule has 0 radical (unpaired) electrons. The molecule has 1 aromatic heterocycles. The van der Waals surface area contributed by atoms with E-state index in [0.717, 1.165) is 26.2 Å². The fourth-order valence-electron chi connectivity index (χ4n) is 3.48. The summed E-state index contributed by atoms with van der Waals surface area (Å²) in [5, 5.41) is 1.22. The molecule has 0 saturated carbocycles. The number of hydrogen-bond acceptors (Lipinski definition) is 4. The van der Waals surface area contributed by atoms with Gasteiger partial charge in [0.05, 0.1) is 16.7 Å². The highest BCUT2D eigenvalue weighted by atomic mass is 35.5. The molecule has 27 heavy (non-hydrogen) atoms. The Balaban J connectivity index is 1.48. The third-order valence-corrected chi connectivity index (χ3v) is 5.53.